The van der Waals surface area contributed by atoms with E-state index < -0.39 is 0 Å². The highest BCUT2D eigenvalue weighted by Crippen LogP contribution is 2.32. The summed E-state index contributed by atoms with van der Waals surface area (Å²) in [6.07, 6.45) is 0. The Labute approximate surface area is 115 Å². The lowest BCUT2D eigenvalue weighted by atomic mass is 10.2. The number of carbonyl (C=O) groups is 1. The molecule has 2 aromatic rings. The van der Waals surface area contributed by atoms with E-state index in [0.717, 1.165) is 21.9 Å². The van der Waals surface area contributed by atoms with Crippen LogP contribution < -0.4 is 9.47 Å². The average Bonchev–Trinajstić information content (AvgIpc) is 3.08. The van der Waals surface area contributed by atoms with Gasteiger partial charge in [-0.3, -0.25) is 4.79 Å². The van der Waals surface area contributed by atoms with Crippen molar-refractivity contribution in [2.24, 2.45) is 0 Å². The summed E-state index contributed by atoms with van der Waals surface area (Å²) < 4.78 is 10.6. The minimum atomic E-state index is 0.0349. The Morgan fingerprint density at radius 3 is 2.95 bits per heavy atom. The zero-order chi connectivity index (χ0) is 13.2. The standard InChI is InChI=1S/C14H13NO3S/c1-15(14(16)13-3-2-6-19-13)8-10-4-5-11-12(7-10)18-9-17-11/h2-7H,8-9H2,1H3. The zero-order valence-corrected chi connectivity index (χ0v) is 11.3. The number of amides is 1. The van der Waals surface area contributed by atoms with Crippen LogP contribution >= 0.6 is 11.3 Å². The predicted molar refractivity (Wildman–Crippen MR) is 72.7 cm³/mol. The fourth-order valence-corrected chi connectivity index (χ4v) is 2.69. The molecule has 0 spiro atoms. The Bertz CT molecular complexity index is 595. The van der Waals surface area contributed by atoms with E-state index in [4.69, 9.17) is 9.47 Å². The van der Waals surface area contributed by atoms with Crippen molar-refractivity contribution in [3.63, 3.8) is 0 Å². The fraction of sp³-hybridized carbons (Fsp3) is 0.214. The van der Waals surface area contributed by atoms with Crippen LogP contribution in [0.15, 0.2) is 35.7 Å². The van der Waals surface area contributed by atoms with Crippen LogP contribution in [0.3, 0.4) is 0 Å². The first-order chi connectivity index (χ1) is 9.24. The Morgan fingerprint density at radius 2 is 2.16 bits per heavy atom. The Hall–Kier alpha value is -2.01. The maximum Gasteiger partial charge on any atom is 0.263 e. The van der Waals surface area contributed by atoms with Gasteiger partial charge in [-0.15, -0.1) is 11.3 Å². The molecule has 1 amide bonds. The van der Waals surface area contributed by atoms with Gasteiger partial charge in [0.2, 0.25) is 6.79 Å². The largest absolute Gasteiger partial charge is 0.454 e. The Morgan fingerprint density at radius 1 is 1.32 bits per heavy atom. The van der Waals surface area contributed by atoms with Gasteiger partial charge in [-0.05, 0) is 29.1 Å². The van der Waals surface area contributed by atoms with Gasteiger partial charge in [-0.2, -0.15) is 0 Å². The van der Waals surface area contributed by atoms with E-state index in [1.54, 1.807) is 11.9 Å². The third-order valence-corrected chi connectivity index (χ3v) is 3.79. The first kappa shape index (κ1) is 12.0. The molecule has 1 aliphatic rings. The average molecular weight is 275 g/mol. The number of benzene rings is 1. The SMILES string of the molecule is CN(Cc1ccc2c(c1)OCO2)C(=O)c1cccs1. The summed E-state index contributed by atoms with van der Waals surface area (Å²) in [6, 6.07) is 9.46. The first-order valence-corrected chi connectivity index (χ1v) is 6.79. The van der Waals surface area contributed by atoms with Gasteiger partial charge in [0.05, 0.1) is 4.88 Å². The molecule has 1 aromatic heterocycles. The van der Waals surface area contributed by atoms with Gasteiger partial charge < -0.3 is 14.4 Å². The smallest absolute Gasteiger partial charge is 0.263 e. The van der Waals surface area contributed by atoms with Gasteiger partial charge in [0.15, 0.2) is 11.5 Å². The molecular formula is C14H13NO3S. The normalized spacial score (nSPS) is 12.5. The molecule has 0 saturated heterocycles. The molecule has 0 radical (unpaired) electrons. The van der Waals surface area contributed by atoms with Crippen LogP contribution in [0.1, 0.15) is 15.2 Å². The summed E-state index contributed by atoms with van der Waals surface area (Å²) >= 11 is 1.45. The van der Waals surface area contributed by atoms with E-state index in [9.17, 15) is 4.79 Å². The van der Waals surface area contributed by atoms with Crippen molar-refractivity contribution >= 4 is 17.2 Å². The maximum atomic E-state index is 12.1. The number of thiophene rings is 1. The lowest BCUT2D eigenvalue weighted by Gasteiger charge is -2.16. The van der Waals surface area contributed by atoms with Crippen molar-refractivity contribution in [2.45, 2.75) is 6.54 Å². The highest BCUT2D eigenvalue weighted by Gasteiger charge is 2.16. The Kier molecular flexibility index (Phi) is 3.13. The first-order valence-electron chi connectivity index (χ1n) is 5.91. The van der Waals surface area contributed by atoms with Crippen molar-refractivity contribution in [3.05, 3.63) is 46.2 Å². The maximum absolute atomic E-state index is 12.1. The highest BCUT2D eigenvalue weighted by molar-refractivity contribution is 7.12. The van der Waals surface area contributed by atoms with Crippen molar-refractivity contribution in [1.82, 2.24) is 4.90 Å². The summed E-state index contributed by atoms with van der Waals surface area (Å²) in [5, 5.41) is 1.90. The Balaban J connectivity index is 1.73. The van der Waals surface area contributed by atoms with Crippen LogP contribution in [0, 0.1) is 0 Å². The van der Waals surface area contributed by atoms with Crippen molar-refractivity contribution in [2.75, 3.05) is 13.8 Å². The van der Waals surface area contributed by atoms with Crippen LogP contribution in [0.25, 0.3) is 0 Å². The molecule has 19 heavy (non-hydrogen) atoms. The monoisotopic (exact) mass is 275 g/mol. The summed E-state index contributed by atoms with van der Waals surface area (Å²) in [5.74, 6) is 1.54. The quantitative estimate of drug-likeness (QED) is 0.864. The number of ether oxygens (including phenoxy) is 2. The van der Waals surface area contributed by atoms with Gasteiger partial charge in [0.1, 0.15) is 0 Å². The second-order valence-corrected chi connectivity index (χ2v) is 5.27. The van der Waals surface area contributed by atoms with Crippen LogP contribution in [0.5, 0.6) is 11.5 Å². The summed E-state index contributed by atoms with van der Waals surface area (Å²) in [4.78, 5) is 14.6. The molecule has 1 aliphatic heterocycles. The van der Waals surface area contributed by atoms with E-state index >= 15 is 0 Å². The molecule has 2 heterocycles. The number of carbonyl (C=O) groups excluding carboxylic acids is 1. The second-order valence-electron chi connectivity index (χ2n) is 4.33. The molecule has 0 saturated carbocycles. The number of hydrogen-bond acceptors (Lipinski definition) is 4. The van der Waals surface area contributed by atoms with Crippen LogP contribution in [-0.2, 0) is 6.54 Å². The number of fused-ring (bicyclic) bond motifs is 1. The topological polar surface area (TPSA) is 38.8 Å². The molecule has 98 valence electrons. The molecule has 0 bridgehead atoms. The van der Waals surface area contributed by atoms with Crippen LogP contribution in [-0.4, -0.2) is 24.6 Å². The van der Waals surface area contributed by atoms with Crippen LogP contribution in [0.2, 0.25) is 0 Å². The minimum absolute atomic E-state index is 0.0349. The van der Waals surface area contributed by atoms with Gasteiger partial charge in [0.25, 0.3) is 5.91 Å². The van der Waals surface area contributed by atoms with Gasteiger partial charge in [-0.25, -0.2) is 0 Å². The van der Waals surface area contributed by atoms with Crippen molar-refractivity contribution in [3.8, 4) is 11.5 Å². The van der Waals surface area contributed by atoms with E-state index in [1.807, 2.05) is 35.7 Å². The number of nitrogens with zero attached hydrogens (tertiary/aromatic N) is 1. The van der Waals surface area contributed by atoms with E-state index in [-0.39, 0.29) is 12.7 Å². The molecule has 5 heteroatoms. The second kappa shape index (κ2) is 4.93. The third kappa shape index (κ3) is 2.42. The van der Waals surface area contributed by atoms with Gasteiger partial charge in [0, 0.05) is 13.6 Å². The van der Waals surface area contributed by atoms with Gasteiger partial charge >= 0.3 is 0 Å². The molecular weight excluding hydrogens is 262 g/mol. The molecule has 3 rings (SSSR count). The third-order valence-electron chi connectivity index (χ3n) is 2.94. The lowest BCUT2D eigenvalue weighted by Crippen LogP contribution is -2.25. The molecule has 0 fully saturated rings. The molecule has 0 aliphatic carbocycles. The van der Waals surface area contributed by atoms with E-state index in [2.05, 4.69) is 0 Å². The number of rotatable bonds is 3. The van der Waals surface area contributed by atoms with Gasteiger partial charge in [-0.1, -0.05) is 12.1 Å². The zero-order valence-electron chi connectivity index (χ0n) is 10.5. The van der Waals surface area contributed by atoms with Crippen molar-refractivity contribution in [1.29, 1.82) is 0 Å². The van der Waals surface area contributed by atoms with Crippen LogP contribution in [0.4, 0.5) is 0 Å². The molecule has 0 unspecified atom stereocenters. The molecule has 4 nitrogen and oxygen atoms in total. The molecule has 1 aromatic carbocycles. The fourth-order valence-electron chi connectivity index (χ4n) is 1.97. The van der Waals surface area contributed by atoms with E-state index in [0.29, 0.717) is 6.54 Å². The van der Waals surface area contributed by atoms with E-state index in [1.165, 1.54) is 11.3 Å². The molecule has 0 atom stereocenters. The summed E-state index contributed by atoms with van der Waals surface area (Å²) in [5.41, 5.74) is 1.02. The highest BCUT2D eigenvalue weighted by atomic mass is 32.1. The van der Waals surface area contributed by atoms with Crippen molar-refractivity contribution < 1.29 is 14.3 Å². The molecule has 0 N–H and O–H groups in total. The summed E-state index contributed by atoms with van der Waals surface area (Å²) in [6.45, 7) is 0.816. The summed E-state index contributed by atoms with van der Waals surface area (Å²) in [7, 11) is 1.80. The lowest BCUT2D eigenvalue weighted by molar-refractivity contribution is 0.0789. The predicted octanol–water partition coefficient (Wildman–Crippen LogP) is 2.75. The number of hydrogen-bond donors (Lipinski definition) is 0. The minimum Gasteiger partial charge on any atom is -0.454 e.